The van der Waals surface area contributed by atoms with Gasteiger partial charge in [0.1, 0.15) is 22.5 Å². The number of phenols is 1. The van der Waals surface area contributed by atoms with Gasteiger partial charge in [0.25, 0.3) is 0 Å². The summed E-state index contributed by atoms with van der Waals surface area (Å²) in [6.45, 7) is 1.86. The predicted molar refractivity (Wildman–Crippen MR) is 111 cm³/mol. The van der Waals surface area contributed by atoms with E-state index < -0.39 is 12.1 Å². The van der Waals surface area contributed by atoms with Gasteiger partial charge in [-0.2, -0.15) is 18.2 Å². The monoisotopic (exact) mass is 463 g/mol. The normalized spacial score (nSPS) is 11.1. The fourth-order valence-corrected chi connectivity index (χ4v) is 2.78. The number of carbonyl (C=O) groups is 1. The van der Waals surface area contributed by atoms with E-state index in [0.29, 0.717) is 16.7 Å². The van der Waals surface area contributed by atoms with Gasteiger partial charge in [0.15, 0.2) is 0 Å². The third kappa shape index (κ3) is 5.08. The van der Waals surface area contributed by atoms with Crippen LogP contribution in [0.5, 0.6) is 17.4 Å². The third-order valence-electron chi connectivity index (χ3n) is 4.25. The summed E-state index contributed by atoms with van der Waals surface area (Å²) in [5.74, 6) is -2.11. The third-order valence-corrected chi connectivity index (χ3v) is 4.25. The van der Waals surface area contributed by atoms with Crippen molar-refractivity contribution >= 4 is 39.7 Å². The van der Waals surface area contributed by atoms with Gasteiger partial charge in [-0.3, -0.25) is 5.32 Å². The van der Waals surface area contributed by atoms with Gasteiger partial charge in [0, 0.05) is 5.39 Å². The molecule has 2 aromatic heterocycles. The zero-order valence-corrected chi connectivity index (χ0v) is 17.0. The van der Waals surface area contributed by atoms with Crippen LogP contribution in [0.15, 0.2) is 36.4 Å². The van der Waals surface area contributed by atoms with E-state index in [1.807, 2.05) is 25.1 Å². The second kappa shape index (κ2) is 8.98. The fraction of sp³-hybridized carbons (Fsp3) is 0.150. The summed E-state index contributed by atoms with van der Waals surface area (Å²) in [7, 11) is 1.58. The lowest BCUT2D eigenvalue weighted by Crippen LogP contribution is -2.21. The molecule has 0 aliphatic heterocycles. The minimum absolute atomic E-state index is 0.0551. The molecule has 0 saturated carbocycles. The number of benzene rings is 2. The Morgan fingerprint density at radius 3 is 2.15 bits per heavy atom. The number of halogens is 3. The number of alkyl halides is 3. The Kier molecular flexibility index (Phi) is 6.33. The lowest BCUT2D eigenvalue weighted by Gasteiger charge is -2.10. The summed E-state index contributed by atoms with van der Waals surface area (Å²) < 4.78 is 37.1. The molecular weight excluding hydrogens is 447 g/mol. The van der Waals surface area contributed by atoms with Crippen LogP contribution in [0.4, 0.5) is 25.1 Å². The van der Waals surface area contributed by atoms with Crippen LogP contribution in [0.1, 0.15) is 5.69 Å². The Balaban J connectivity index is 0.000000383. The zero-order chi connectivity index (χ0) is 24.3. The summed E-state index contributed by atoms with van der Waals surface area (Å²) in [5, 5.41) is 31.3. The van der Waals surface area contributed by atoms with E-state index in [0.717, 1.165) is 11.1 Å². The molecule has 4 N–H and O–H groups in total. The molecule has 0 atom stereocenters. The SMILES string of the molecule is COc1cccc2c(C)nc(Nc3nc(O)c4cccc(O)c4n3)nc12.O=C(O)C(F)(F)F. The maximum Gasteiger partial charge on any atom is 0.490 e. The lowest BCUT2D eigenvalue weighted by atomic mass is 10.2. The van der Waals surface area contributed by atoms with E-state index >= 15 is 0 Å². The van der Waals surface area contributed by atoms with Gasteiger partial charge in [-0.1, -0.05) is 18.2 Å². The molecule has 4 aromatic rings. The number of nitrogens with zero attached hydrogens (tertiary/aromatic N) is 4. The van der Waals surface area contributed by atoms with Crippen molar-refractivity contribution in [3.63, 3.8) is 0 Å². The molecule has 0 fully saturated rings. The Morgan fingerprint density at radius 2 is 1.52 bits per heavy atom. The number of aromatic hydroxyl groups is 2. The topological polar surface area (TPSA) is 151 Å². The number of carboxylic acid groups (broad SMARTS) is 1. The van der Waals surface area contributed by atoms with Crippen LogP contribution in [0.2, 0.25) is 0 Å². The molecule has 0 spiro atoms. The van der Waals surface area contributed by atoms with Crippen molar-refractivity contribution in [2.45, 2.75) is 13.1 Å². The number of anilines is 2. The Morgan fingerprint density at radius 1 is 0.939 bits per heavy atom. The number of para-hydroxylation sites is 2. The minimum Gasteiger partial charge on any atom is -0.506 e. The number of aliphatic carboxylic acids is 1. The number of nitrogens with one attached hydrogen (secondary N) is 1. The van der Waals surface area contributed by atoms with Crippen molar-refractivity contribution in [2.75, 3.05) is 12.4 Å². The maximum absolute atomic E-state index is 10.6. The van der Waals surface area contributed by atoms with Crippen LogP contribution in [-0.4, -0.2) is 54.5 Å². The van der Waals surface area contributed by atoms with E-state index in [9.17, 15) is 23.4 Å². The molecule has 0 amide bonds. The first kappa shape index (κ1) is 23.2. The van der Waals surface area contributed by atoms with Gasteiger partial charge in [-0.05, 0) is 25.1 Å². The second-order valence-electron chi connectivity index (χ2n) is 6.46. The van der Waals surface area contributed by atoms with Crippen LogP contribution >= 0.6 is 0 Å². The Labute approximate surface area is 183 Å². The molecule has 33 heavy (non-hydrogen) atoms. The number of methoxy groups -OCH3 is 1. The number of aryl methyl sites for hydroxylation is 1. The maximum atomic E-state index is 10.6. The first-order chi connectivity index (χ1) is 15.5. The van der Waals surface area contributed by atoms with Crippen molar-refractivity contribution in [1.29, 1.82) is 0 Å². The van der Waals surface area contributed by atoms with Crippen molar-refractivity contribution in [3.05, 3.63) is 42.1 Å². The van der Waals surface area contributed by atoms with Gasteiger partial charge >= 0.3 is 12.1 Å². The summed E-state index contributed by atoms with van der Waals surface area (Å²) >= 11 is 0. The highest BCUT2D eigenvalue weighted by molar-refractivity contribution is 5.89. The van der Waals surface area contributed by atoms with E-state index in [2.05, 4.69) is 25.3 Å². The summed E-state index contributed by atoms with van der Waals surface area (Å²) in [5.41, 5.74) is 1.64. The zero-order valence-electron chi connectivity index (χ0n) is 17.0. The average molecular weight is 463 g/mol. The van der Waals surface area contributed by atoms with E-state index in [4.69, 9.17) is 14.6 Å². The Bertz CT molecular complexity index is 1350. The van der Waals surface area contributed by atoms with Gasteiger partial charge < -0.3 is 20.1 Å². The van der Waals surface area contributed by atoms with Crippen molar-refractivity contribution in [3.8, 4) is 17.4 Å². The highest BCUT2D eigenvalue weighted by atomic mass is 19.4. The van der Waals surface area contributed by atoms with E-state index in [1.165, 1.54) is 6.07 Å². The molecular formula is C20H16F3N5O5. The number of phenolic OH excluding ortho intramolecular Hbond substituents is 1. The van der Waals surface area contributed by atoms with Crippen molar-refractivity contribution in [2.24, 2.45) is 0 Å². The lowest BCUT2D eigenvalue weighted by molar-refractivity contribution is -0.192. The summed E-state index contributed by atoms with van der Waals surface area (Å²) in [4.78, 5) is 26.0. The second-order valence-corrected chi connectivity index (χ2v) is 6.46. The predicted octanol–water partition coefficient (Wildman–Crippen LogP) is 3.68. The number of carboxylic acids is 1. The van der Waals surface area contributed by atoms with Crippen LogP contribution in [0, 0.1) is 6.92 Å². The molecule has 0 aliphatic rings. The number of fused-ring (bicyclic) bond motifs is 2. The van der Waals surface area contributed by atoms with Gasteiger partial charge in [0.2, 0.25) is 17.8 Å². The molecule has 0 saturated heterocycles. The number of ether oxygens (including phenoxy) is 1. The first-order valence-electron chi connectivity index (χ1n) is 9.08. The quantitative estimate of drug-likeness (QED) is 0.354. The molecule has 0 radical (unpaired) electrons. The number of rotatable bonds is 3. The van der Waals surface area contributed by atoms with Crippen molar-refractivity contribution < 1.29 is 38.0 Å². The van der Waals surface area contributed by atoms with Gasteiger partial charge in [0.05, 0.1) is 18.2 Å². The summed E-state index contributed by atoms with van der Waals surface area (Å²) in [6, 6.07) is 10.3. The fourth-order valence-electron chi connectivity index (χ4n) is 2.78. The molecule has 172 valence electrons. The number of hydrogen-bond acceptors (Lipinski definition) is 9. The molecule has 0 aliphatic carbocycles. The van der Waals surface area contributed by atoms with Crippen LogP contribution in [0.3, 0.4) is 0 Å². The molecule has 10 nitrogen and oxygen atoms in total. The molecule has 0 bridgehead atoms. The van der Waals surface area contributed by atoms with Crippen molar-refractivity contribution in [1.82, 2.24) is 19.9 Å². The molecule has 4 rings (SSSR count). The summed E-state index contributed by atoms with van der Waals surface area (Å²) in [6.07, 6.45) is -5.08. The molecule has 2 aromatic carbocycles. The average Bonchev–Trinajstić information content (AvgIpc) is 2.74. The van der Waals surface area contributed by atoms with Crippen LogP contribution < -0.4 is 10.1 Å². The smallest absolute Gasteiger partial charge is 0.490 e. The van der Waals surface area contributed by atoms with Gasteiger partial charge in [-0.15, -0.1) is 0 Å². The number of hydrogen-bond donors (Lipinski definition) is 4. The highest BCUT2D eigenvalue weighted by Crippen LogP contribution is 2.30. The molecule has 13 heteroatoms. The van der Waals surface area contributed by atoms with Gasteiger partial charge in [-0.25, -0.2) is 19.7 Å². The Hall–Kier alpha value is -4.42. The minimum atomic E-state index is -5.08. The number of aromatic nitrogens is 4. The van der Waals surface area contributed by atoms with E-state index in [1.54, 1.807) is 19.2 Å². The van der Waals surface area contributed by atoms with Crippen LogP contribution in [0.25, 0.3) is 21.8 Å². The van der Waals surface area contributed by atoms with Crippen LogP contribution in [-0.2, 0) is 4.79 Å². The molecule has 2 heterocycles. The standard InChI is InChI=1S/C18H15N5O3.C2HF3O2/c1-9-10-5-4-8-13(26-2)15(10)21-17(19-9)23-18-20-14-11(16(25)22-18)6-3-7-12(14)24;3-2(4,5)1(6)7/h3-8,24H,1-2H3,(H2,19,20,21,22,23,25);(H,6,7). The van der Waals surface area contributed by atoms with E-state index in [-0.39, 0.29) is 29.0 Å². The highest BCUT2D eigenvalue weighted by Gasteiger charge is 2.38. The largest absolute Gasteiger partial charge is 0.506 e. The molecule has 0 unspecified atom stereocenters. The first-order valence-corrected chi connectivity index (χ1v) is 9.08.